The lowest BCUT2D eigenvalue weighted by Gasteiger charge is -1.83. The molecule has 3 heteroatoms. The SMILES string of the molecule is c1ccc2[nH]ccc2c1.c1cnccn1. The minimum atomic E-state index is 1.21. The topological polar surface area (TPSA) is 41.6 Å². The summed E-state index contributed by atoms with van der Waals surface area (Å²) in [7, 11) is 0. The quantitative estimate of drug-likeness (QED) is 0.602. The van der Waals surface area contributed by atoms with Crippen LogP contribution in [0.15, 0.2) is 61.3 Å². The van der Waals surface area contributed by atoms with Gasteiger partial charge in [0.1, 0.15) is 0 Å². The molecule has 3 nitrogen and oxygen atoms in total. The Morgan fingerprint density at radius 2 is 1.47 bits per heavy atom. The summed E-state index contributed by atoms with van der Waals surface area (Å²) in [5, 5.41) is 1.28. The van der Waals surface area contributed by atoms with Gasteiger partial charge in [0.25, 0.3) is 0 Å². The van der Waals surface area contributed by atoms with Crippen LogP contribution in [0.3, 0.4) is 0 Å². The first-order valence-corrected chi connectivity index (χ1v) is 4.69. The van der Waals surface area contributed by atoms with Crippen molar-refractivity contribution in [3.8, 4) is 0 Å². The van der Waals surface area contributed by atoms with Gasteiger partial charge >= 0.3 is 0 Å². The third-order valence-electron chi connectivity index (χ3n) is 1.94. The van der Waals surface area contributed by atoms with Gasteiger partial charge in [-0.1, -0.05) is 18.2 Å². The fraction of sp³-hybridized carbons (Fsp3) is 0. The molecule has 0 aliphatic heterocycles. The van der Waals surface area contributed by atoms with Gasteiger partial charge in [-0.3, -0.25) is 9.97 Å². The van der Waals surface area contributed by atoms with Crippen LogP contribution in [-0.4, -0.2) is 15.0 Å². The van der Waals surface area contributed by atoms with Crippen LogP contribution in [0.5, 0.6) is 0 Å². The van der Waals surface area contributed by atoms with E-state index in [4.69, 9.17) is 0 Å². The van der Waals surface area contributed by atoms with E-state index in [1.807, 2.05) is 18.3 Å². The first-order valence-electron chi connectivity index (χ1n) is 4.69. The van der Waals surface area contributed by atoms with Crippen LogP contribution >= 0.6 is 0 Å². The molecule has 0 spiro atoms. The average Bonchev–Trinajstić information content (AvgIpc) is 2.80. The van der Waals surface area contributed by atoms with Crippen molar-refractivity contribution in [3.63, 3.8) is 0 Å². The number of hydrogen-bond acceptors (Lipinski definition) is 2. The van der Waals surface area contributed by atoms with Crippen molar-refractivity contribution in [2.24, 2.45) is 0 Å². The van der Waals surface area contributed by atoms with Crippen molar-refractivity contribution in [3.05, 3.63) is 61.3 Å². The monoisotopic (exact) mass is 197 g/mol. The summed E-state index contributed by atoms with van der Waals surface area (Å²) in [6, 6.07) is 10.3. The molecule has 1 aromatic carbocycles. The maximum Gasteiger partial charge on any atom is 0.0453 e. The van der Waals surface area contributed by atoms with Crippen LogP contribution < -0.4 is 0 Å². The van der Waals surface area contributed by atoms with Crippen LogP contribution in [0.1, 0.15) is 0 Å². The lowest BCUT2D eigenvalue weighted by Crippen LogP contribution is -1.66. The number of hydrogen-bond donors (Lipinski definition) is 1. The summed E-state index contributed by atoms with van der Waals surface area (Å²) in [4.78, 5) is 10.6. The molecule has 2 aromatic heterocycles. The molecule has 74 valence electrons. The molecule has 0 radical (unpaired) electrons. The second kappa shape index (κ2) is 4.91. The van der Waals surface area contributed by atoms with Crippen LogP contribution in [0.2, 0.25) is 0 Å². The summed E-state index contributed by atoms with van der Waals surface area (Å²) in [6.45, 7) is 0. The van der Waals surface area contributed by atoms with Gasteiger partial charge in [-0.25, -0.2) is 0 Å². The Kier molecular flexibility index (Phi) is 3.07. The predicted molar refractivity (Wildman–Crippen MR) is 60.3 cm³/mol. The molecule has 0 saturated carbocycles. The van der Waals surface area contributed by atoms with E-state index in [9.17, 15) is 0 Å². The summed E-state index contributed by atoms with van der Waals surface area (Å²) < 4.78 is 0. The van der Waals surface area contributed by atoms with Crippen LogP contribution in [0, 0.1) is 0 Å². The van der Waals surface area contributed by atoms with Gasteiger partial charge < -0.3 is 4.98 Å². The lowest BCUT2D eigenvalue weighted by atomic mass is 10.3. The van der Waals surface area contributed by atoms with Gasteiger partial charge in [0.2, 0.25) is 0 Å². The first-order chi connectivity index (χ1) is 7.47. The Labute approximate surface area is 87.8 Å². The highest BCUT2D eigenvalue weighted by Crippen LogP contribution is 2.09. The number of H-pyrrole nitrogens is 1. The molecule has 0 saturated heterocycles. The van der Waals surface area contributed by atoms with E-state index in [1.54, 1.807) is 24.8 Å². The number of rotatable bonds is 0. The number of aromatic amines is 1. The van der Waals surface area contributed by atoms with E-state index in [-0.39, 0.29) is 0 Å². The second-order valence-corrected chi connectivity index (χ2v) is 2.96. The number of fused-ring (bicyclic) bond motifs is 1. The Bertz CT molecular complexity index is 445. The van der Waals surface area contributed by atoms with E-state index >= 15 is 0 Å². The number of nitrogens with zero attached hydrogens (tertiary/aromatic N) is 2. The normalized spacial score (nSPS) is 9.33. The van der Waals surface area contributed by atoms with Gasteiger partial charge in [-0.05, 0) is 17.5 Å². The fourth-order valence-electron chi connectivity index (χ4n) is 1.25. The third-order valence-corrected chi connectivity index (χ3v) is 1.94. The first kappa shape index (κ1) is 9.40. The average molecular weight is 197 g/mol. The number of para-hydroxylation sites is 1. The van der Waals surface area contributed by atoms with Crippen molar-refractivity contribution in [2.75, 3.05) is 0 Å². The van der Waals surface area contributed by atoms with Gasteiger partial charge in [-0.2, -0.15) is 0 Å². The van der Waals surface area contributed by atoms with Crippen molar-refractivity contribution in [2.45, 2.75) is 0 Å². The molecule has 2 heterocycles. The van der Waals surface area contributed by atoms with Gasteiger partial charge in [0.05, 0.1) is 0 Å². The predicted octanol–water partition coefficient (Wildman–Crippen LogP) is 2.64. The summed E-state index contributed by atoms with van der Waals surface area (Å²) in [5.74, 6) is 0. The standard InChI is InChI=1S/C8H7N.C4H4N2/c1-2-4-8-7(3-1)5-6-9-8;1-2-6-4-3-5-1/h1-6,9H;1-4H. The highest BCUT2D eigenvalue weighted by Gasteiger charge is 1.86. The Hall–Kier alpha value is -2.16. The third kappa shape index (κ3) is 2.64. The molecule has 0 amide bonds. The highest BCUT2D eigenvalue weighted by molar-refractivity contribution is 5.78. The Balaban J connectivity index is 0.000000124. The maximum absolute atomic E-state index is 3.72. The van der Waals surface area contributed by atoms with Gasteiger partial charge in [-0.15, -0.1) is 0 Å². The van der Waals surface area contributed by atoms with Gasteiger partial charge in [0.15, 0.2) is 0 Å². The van der Waals surface area contributed by atoms with E-state index in [0.29, 0.717) is 0 Å². The van der Waals surface area contributed by atoms with E-state index in [1.165, 1.54) is 10.9 Å². The molecule has 1 N–H and O–H groups in total. The molecule has 3 aromatic rings. The molecule has 3 rings (SSSR count). The lowest BCUT2D eigenvalue weighted by molar-refractivity contribution is 1.20. The summed E-state index contributed by atoms with van der Waals surface area (Å²) in [6.07, 6.45) is 8.50. The summed E-state index contributed by atoms with van der Waals surface area (Å²) in [5.41, 5.74) is 1.21. The molecule has 0 bridgehead atoms. The molecular weight excluding hydrogens is 186 g/mol. The summed E-state index contributed by atoms with van der Waals surface area (Å²) >= 11 is 0. The minimum absolute atomic E-state index is 1.21. The zero-order valence-electron chi connectivity index (χ0n) is 8.17. The second-order valence-electron chi connectivity index (χ2n) is 2.96. The molecule has 0 aliphatic rings. The van der Waals surface area contributed by atoms with Crippen molar-refractivity contribution in [1.29, 1.82) is 0 Å². The molecule has 0 fully saturated rings. The van der Waals surface area contributed by atoms with Gasteiger partial charge in [0, 0.05) is 36.5 Å². The Morgan fingerprint density at radius 3 is 2.07 bits per heavy atom. The Morgan fingerprint density at radius 1 is 0.800 bits per heavy atom. The molecular formula is C12H11N3. The van der Waals surface area contributed by atoms with Crippen molar-refractivity contribution in [1.82, 2.24) is 15.0 Å². The number of aromatic nitrogens is 3. The molecule has 0 atom stereocenters. The largest absolute Gasteiger partial charge is 0.361 e. The van der Waals surface area contributed by atoms with Crippen LogP contribution in [-0.2, 0) is 0 Å². The molecule has 0 aliphatic carbocycles. The number of benzene rings is 1. The smallest absolute Gasteiger partial charge is 0.0453 e. The van der Waals surface area contributed by atoms with E-state index in [0.717, 1.165) is 0 Å². The minimum Gasteiger partial charge on any atom is -0.361 e. The zero-order chi connectivity index (χ0) is 10.3. The number of nitrogens with one attached hydrogen (secondary N) is 1. The van der Waals surface area contributed by atoms with E-state index < -0.39 is 0 Å². The maximum atomic E-state index is 3.72. The highest BCUT2D eigenvalue weighted by atomic mass is 14.7. The van der Waals surface area contributed by atoms with Crippen molar-refractivity contribution < 1.29 is 0 Å². The van der Waals surface area contributed by atoms with Crippen LogP contribution in [0.25, 0.3) is 10.9 Å². The van der Waals surface area contributed by atoms with Crippen LogP contribution in [0.4, 0.5) is 0 Å². The zero-order valence-corrected chi connectivity index (χ0v) is 8.17. The fourth-order valence-corrected chi connectivity index (χ4v) is 1.25. The molecule has 15 heavy (non-hydrogen) atoms. The van der Waals surface area contributed by atoms with Crippen molar-refractivity contribution >= 4 is 10.9 Å². The molecule has 0 unspecified atom stereocenters. The van der Waals surface area contributed by atoms with E-state index in [2.05, 4.69) is 33.2 Å².